The van der Waals surface area contributed by atoms with Gasteiger partial charge in [-0.1, -0.05) is 6.07 Å². The third kappa shape index (κ3) is 5.73. The molecule has 0 atom stereocenters. The number of hydrogen-bond acceptors (Lipinski definition) is 6. The number of rotatable bonds is 8. The number of benzene rings is 2. The third-order valence-corrected chi connectivity index (χ3v) is 3.22. The molecule has 0 amide bonds. The molecular weight excluding hydrogens is 383 g/mol. The van der Waals surface area contributed by atoms with E-state index in [-0.39, 0.29) is 18.1 Å². The Labute approximate surface area is 157 Å². The van der Waals surface area contributed by atoms with E-state index >= 15 is 0 Å². The molecule has 0 aromatic heterocycles. The highest BCUT2D eigenvalue weighted by atomic mass is 19.3. The maximum absolute atomic E-state index is 13.2. The van der Waals surface area contributed by atoms with Gasteiger partial charge >= 0.3 is 18.3 Å². The summed E-state index contributed by atoms with van der Waals surface area (Å²) in [5, 5.41) is 10.9. The van der Waals surface area contributed by atoms with Crippen LogP contribution in [0.5, 0.6) is 17.2 Å². The summed E-state index contributed by atoms with van der Waals surface area (Å²) in [5.41, 5.74) is -0.189. The van der Waals surface area contributed by atoms with Crippen molar-refractivity contribution < 1.29 is 37.1 Å². The van der Waals surface area contributed by atoms with E-state index in [0.29, 0.717) is 11.6 Å². The van der Waals surface area contributed by atoms with Gasteiger partial charge in [0, 0.05) is 18.2 Å². The Morgan fingerprint density at radius 2 is 1.93 bits per heavy atom. The third-order valence-electron chi connectivity index (χ3n) is 3.22. The van der Waals surface area contributed by atoms with Crippen molar-refractivity contribution in [2.24, 2.45) is 0 Å². The number of halogens is 3. The highest BCUT2D eigenvalue weighted by Crippen LogP contribution is 2.31. The smallest absolute Gasteiger partial charge is 0.387 e. The molecular formula is C18H14F3NO6. The highest BCUT2D eigenvalue weighted by molar-refractivity contribution is 5.89. The second-order valence-electron chi connectivity index (χ2n) is 5.14. The molecule has 2 aromatic rings. The van der Waals surface area contributed by atoms with Crippen LogP contribution in [0.3, 0.4) is 0 Å². The molecule has 0 radical (unpaired) electrons. The summed E-state index contributed by atoms with van der Waals surface area (Å²) in [7, 11) is 0. The molecule has 0 heterocycles. The van der Waals surface area contributed by atoms with Crippen molar-refractivity contribution in [3.05, 3.63) is 64.0 Å². The van der Waals surface area contributed by atoms with E-state index in [4.69, 9.17) is 9.47 Å². The number of carbonyl (C=O) groups excluding carboxylic acids is 1. The van der Waals surface area contributed by atoms with Crippen LogP contribution in [0.1, 0.15) is 12.5 Å². The Morgan fingerprint density at radius 3 is 2.57 bits per heavy atom. The molecule has 28 heavy (non-hydrogen) atoms. The number of nitro groups is 1. The Hall–Kier alpha value is -3.56. The molecule has 0 aliphatic carbocycles. The van der Waals surface area contributed by atoms with Crippen molar-refractivity contribution in [1.82, 2.24) is 0 Å². The lowest BCUT2D eigenvalue weighted by Crippen LogP contribution is -2.06. The number of nitrogens with zero attached hydrogens (tertiary/aromatic N) is 1. The number of carbonyl (C=O) groups is 1. The predicted molar refractivity (Wildman–Crippen MR) is 92.0 cm³/mol. The first-order chi connectivity index (χ1) is 13.3. The zero-order valence-electron chi connectivity index (χ0n) is 14.4. The van der Waals surface area contributed by atoms with Gasteiger partial charge in [-0.25, -0.2) is 9.18 Å². The lowest BCUT2D eigenvalue weighted by atomic mass is 10.2. The normalized spacial score (nSPS) is 10.9. The van der Waals surface area contributed by atoms with Gasteiger partial charge in [0.2, 0.25) is 5.75 Å². The quantitative estimate of drug-likeness (QED) is 0.216. The van der Waals surface area contributed by atoms with E-state index in [1.165, 1.54) is 24.3 Å². The van der Waals surface area contributed by atoms with Crippen molar-refractivity contribution in [1.29, 1.82) is 0 Å². The second kappa shape index (κ2) is 9.40. The first kappa shape index (κ1) is 20.7. The summed E-state index contributed by atoms with van der Waals surface area (Å²) < 4.78 is 52.4. The monoisotopic (exact) mass is 397 g/mol. The molecule has 0 fully saturated rings. The maximum atomic E-state index is 13.2. The van der Waals surface area contributed by atoms with Gasteiger partial charge in [0.05, 0.1) is 11.5 Å². The minimum atomic E-state index is -3.03. The van der Waals surface area contributed by atoms with Crippen LogP contribution in [0.15, 0.2) is 42.5 Å². The molecule has 0 bridgehead atoms. The molecule has 0 aliphatic rings. The molecule has 0 unspecified atom stereocenters. The number of nitro benzene ring substituents is 1. The summed E-state index contributed by atoms with van der Waals surface area (Å²) in [6, 6.07) is 6.43. The standard InChI is InChI=1S/C18H14F3NO6/c1-2-26-16-9-11(3-7-14(16)28-18(20)21)4-8-17(23)27-15-10-12(19)5-6-13(15)22(24)25/h3-10,18H,2H2,1H3/b8-4+. The minimum absolute atomic E-state index is 0.0408. The molecule has 148 valence electrons. The predicted octanol–water partition coefficient (Wildman–Crippen LogP) is 4.35. The summed E-state index contributed by atoms with van der Waals surface area (Å²) >= 11 is 0. The van der Waals surface area contributed by atoms with Gasteiger partial charge in [0.1, 0.15) is 5.82 Å². The molecule has 0 saturated carbocycles. The number of ether oxygens (including phenoxy) is 3. The van der Waals surface area contributed by atoms with Crippen LogP contribution in [-0.2, 0) is 4.79 Å². The van der Waals surface area contributed by atoms with Gasteiger partial charge in [-0.15, -0.1) is 0 Å². The summed E-state index contributed by atoms with van der Waals surface area (Å²) in [5.74, 6) is -2.49. The molecule has 0 aliphatic heterocycles. The van der Waals surface area contributed by atoms with Crippen LogP contribution in [0.25, 0.3) is 6.08 Å². The SMILES string of the molecule is CCOc1cc(/C=C/C(=O)Oc2cc(F)ccc2[N+](=O)[O-])ccc1OC(F)F. The van der Waals surface area contributed by atoms with Crippen molar-refractivity contribution in [3.8, 4) is 17.2 Å². The van der Waals surface area contributed by atoms with Crippen molar-refractivity contribution in [3.63, 3.8) is 0 Å². The number of alkyl halides is 2. The van der Waals surface area contributed by atoms with E-state index < -0.39 is 34.8 Å². The molecule has 2 aromatic carbocycles. The van der Waals surface area contributed by atoms with E-state index in [9.17, 15) is 28.1 Å². The van der Waals surface area contributed by atoms with Gasteiger partial charge in [0.15, 0.2) is 11.5 Å². The average molecular weight is 397 g/mol. The van der Waals surface area contributed by atoms with Gasteiger partial charge in [-0.2, -0.15) is 8.78 Å². The van der Waals surface area contributed by atoms with Crippen LogP contribution < -0.4 is 14.2 Å². The molecule has 0 spiro atoms. The van der Waals surface area contributed by atoms with Crippen molar-refractivity contribution >= 4 is 17.7 Å². The zero-order valence-corrected chi connectivity index (χ0v) is 14.4. The van der Waals surface area contributed by atoms with Gasteiger partial charge in [-0.05, 0) is 36.8 Å². The second-order valence-corrected chi connectivity index (χ2v) is 5.14. The Bertz CT molecular complexity index is 901. The van der Waals surface area contributed by atoms with Crippen LogP contribution in [0, 0.1) is 15.9 Å². The van der Waals surface area contributed by atoms with Crippen molar-refractivity contribution in [2.75, 3.05) is 6.61 Å². The summed E-state index contributed by atoms with van der Waals surface area (Å²) in [4.78, 5) is 22.0. The first-order valence-corrected chi connectivity index (χ1v) is 7.85. The van der Waals surface area contributed by atoms with E-state index in [2.05, 4.69) is 4.74 Å². The van der Waals surface area contributed by atoms with E-state index in [1.54, 1.807) is 6.92 Å². The Balaban J connectivity index is 2.17. The average Bonchev–Trinajstić information content (AvgIpc) is 2.61. The molecule has 10 heteroatoms. The number of esters is 1. The van der Waals surface area contributed by atoms with E-state index in [0.717, 1.165) is 18.2 Å². The molecule has 2 rings (SSSR count). The van der Waals surface area contributed by atoms with Crippen LogP contribution in [0.2, 0.25) is 0 Å². The molecule has 0 N–H and O–H groups in total. The van der Waals surface area contributed by atoms with Gasteiger partial charge < -0.3 is 14.2 Å². The van der Waals surface area contributed by atoms with Gasteiger partial charge in [-0.3, -0.25) is 10.1 Å². The Morgan fingerprint density at radius 1 is 1.18 bits per heavy atom. The zero-order chi connectivity index (χ0) is 20.7. The number of hydrogen-bond donors (Lipinski definition) is 0. The van der Waals surface area contributed by atoms with E-state index in [1.807, 2.05) is 0 Å². The highest BCUT2D eigenvalue weighted by Gasteiger charge is 2.18. The Kier molecular flexibility index (Phi) is 6.96. The van der Waals surface area contributed by atoms with Gasteiger partial charge in [0.25, 0.3) is 0 Å². The molecule has 7 nitrogen and oxygen atoms in total. The first-order valence-electron chi connectivity index (χ1n) is 7.85. The fourth-order valence-corrected chi connectivity index (χ4v) is 2.12. The topological polar surface area (TPSA) is 87.9 Å². The largest absolute Gasteiger partial charge is 0.490 e. The minimum Gasteiger partial charge on any atom is -0.490 e. The summed E-state index contributed by atoms with van der Waals surface area (Å²) in [6.07, 6.45) is 2.20. The van der Waals surface area contributed by atoms with Crippen LogP contribution in [-0.4, -0.2) is 24.1 Å². The fourth-order valence-electron chi connectivity index (χ4n) is 2.12. The lowest BCUT2D eigenvalue weighted by molar-refractivity contribution is -0.385. The fraction of sp³-hybridized carbons (Fsp3) is 0.167. The molecule has 0 saturated heterocycles. The lowest BCUT2D eigenvalue weighted by Gasteiger charge is -2.11. The maximum Gasteiger partial charge on any atom is 0.387 e. The van der Waals surface area contributed by atoms with Crippen LogP contribution in [0.4, 0.5) is 18.9 Å². The van der Waals surface area contributed by atoms with Crippen LogP contribution >= 0.6 is 0 Å². The van der Waals surface area contributed by atoms with Crippen molar-refractivity contribution in [2.45, 2.75) is 13.5 Å². The summed E-state index contributed by atoms with van der Waals surface area (Å²) in [6.45, 7) is -1.19.